The molecule has 0 bridgehead atoms. The molecule has 0 aliphatic carbocycles. The van der Waals surface area contributed by atoms with Crippen molar-refractivity contribution < 1.29 is 17.9 Å². The molecule has 0 radical (unpaired) electrons. The van der Waals surface area contributed by atoms with Crippen molar-refractivity contribution in [3.63, 3.8) is 0 Å². The maximum Gasteiger partial charge on any atom is 0.412 e. The number of alkyl halides is 3. The van der Waals surface area contributed by atoms with E-state index in [-0.39, 0.29) is 5.56 Å². The number of ether oxygens (including phenoxy) is 1. The predicted octanol–water partition coefficient (Wildman–Crippen LogP) is 4.72. The largest absolute Gasteiger partial charge is 0.497 e. The zero-order valence-corrected chi connectivity index (χ0v) is 11.7. The van der Waals surface area contributed by atoms with Crippen molar-refractivity contribution in [3.05, 3.63) is 59.7 Å². The van der Waals surface area contributed by atoms with E-state index in [0.29, 0.717) is 11.4 Å². The number of methoxy groups -OCH3 is 1. The van der Waals surface area contributed by atoms with Crippen LogP contribution in [-0.4, -0.2) is 13.3 Å². The van der Waals surface area contributed by atoms with Gasteiger partial charge in [0.25, 0.3) is 0 Å². The number of aryl methyl sites for hydroxylation is 1. The molecule has 1 atom stereocenters. The van der Waals surface area contributed by atoms with Gasteiger partial charge in [-0.1, -0.05) is 29.8 Å². The van der Waals surface area contributed by atoms with E-state index in [9.17, 15) is 13.2 Å². The molecule has 112 valence electrons. The van der Waals surface area contributed by atoms with E-state index in [0.717, 1.165) is 5.56 Å². The fourth-order valence-electron chi connectivity index (χ4n) is 2.06. The smallest absolute Gasteiger partial charge is 0.412 e. The monoisotopic (exact) mass is 295 g/mol. The maximum atomic E-state index is 13.3. The first-order valence-corrected chi connectivity index (χ1v) is 6.44. The molecule has 0 unspecified atom stereocenters. The van der Waals surface area contributed by atoms with Crippen molar-refractivity contribution >= 4 is 5.69 Å². The van der Waals surface area contributed by atoms with Crippen LogP contribution in [0.2, 0.25) is 0 Å². The van der Waals surface area contributed by atoms with Crippen molar-refractivity contribution in [2.24, 2.45) is 0 Å². The van der Waals surface area contributed by atoms with Gasteiger partial charge in [0.2, 0.25) is 0 Å². The number of hydrogen-bond acceptors (Lipinski definition) is 2. The molecule has 2 aromatic carbocycles. The summed E-state index contributed by atoms with van der Waals surface area (Å²) in [5.41, 5.74) is 1.37. The number of anilines is 1. The molecule has 0 saturated heterocycles. The third kappa shape index (κ3) is 3.90. The molecule has 0 heterocycles. The van der Waals surface area contributed by atoms with E-state index in [2.05, 4.69) is 5.32 Å². The van der Waals surface area contributed by atoms with Crippen molar-refractivity contribution in [2.45, 2.75) is 19.1 Å². The lowest BCUT2D eigenvalue weighted by Gasteiger charge is -2.23. The zero-order valence-electron chi connectivity index (χ0n) is 11.7. The summed E-state index contributed by atoms with van der Waals surface area (Å²) in [6, 6.07) is 11.0. The summed E-state index contributed by atoms with van der Waals surface area (Å²) >= 11 is 0. The van der Waals surface area contributed by atoms with Crippen LogP contribution >= 0.6 is 0 Å². The van der Waals surface area contributed by atoms with Crippen molar-refractivity contribution in [1.29, 1.82) is 0 Å². The van der Waals surface area contributed by atoms with Crippen LogP contribution in [0.25, 0.3) is 0 Å². The second-order valence-electron chi connectivity index (χ2n) is 4.76. The van der Waals surface area contributed by atoms with Crippen LogP contribution in [0.1, 0.15) is 17.2 Å². The Balaban J connectivity index is 2.28. The first kappa shape index (κ1) is 15.2. The first-order chi connectivity index (χ1) is 9.90. The Kier molecular flexibility index (Phi) is 4.40. The summed E-state index contributed by atoms with van der Waals surface area (Å²) in [6.07, 6.45) is -4.38. The normalized spacial score (nSPS) is 12.8. The molecular weight excluding hydrogens is 279 g/mol. The highest BCUT2D eigenvalue weighted by Crippen LogP contribution is 2.36. The number of hydrogen-bond donors (Lipinski definition) is 1. The van der Waals surface area contributed by atoms with Crippen molar-refractivity contribution in [3.8, 4) is 5.75 Å². The SMILES string of the molecule is COc1ccc(N[C@H](c2cccc(C)c2)C(F)(F)F)cc1. The third-order valence-electron chi connectivity index (χ3n) is 3.10. The summed E-state index contributed by atoms with van der Waals surface area (Å²) in [7, 11) is 1.51. The Bertz CT molecular complexity index is 593. The molecule has 0 saturated carbocycles. The minimum absolute atomic E-state index is 0.193. The molecule has 0 spiro atoms. The lowest BCUT2D eigenvalue weighted by molar-refractivity contribution is -0.144. The molecule has 5 heteroatoms. The van der Waals surface area contributed by atoms with E-state index in [4.69, 9.17) is 4.74 Å². The van der Waals surface area contributed by atoms with E-state index in [1.165, 1.54) is 19.2 Å². The second-order valence-corrected chi connectivity index (χ2v) is 4.76. The molecule has 2 aromatic rings. The van der Waals surface area contributed by atoms with Gasteiger partial charge in [-0.15, -0.1) is 0 Å². The Morgan fingerprint density at radius 3 is 2.24 bits per heavy atom. The highest BCUT2D eigenvalue weighted by atomic mass is 19.4. The average Bonchev–Trinajstić information content (AvgIpc) is 2.44. The molecule has 2 rings (SSSR count). The van der Waals surface area contributed by atoms with Gasteiger partial charge in [0.15, 0.2) is 0 Å². The summed E-state index contributed by atoms with van der Waals surface area (Å²) < 4.78 is 44.8. The van der Waals surface area contributed by atoms with Crippen LogP contribution in [0.3, 0.4) is 0 Å². The van der Waals surface area contributed by atoms with Crippen LogP contribution in [0, 0.1) is 6.92 Å². The highest BCUT2D eigenvalue weighted by molar-refractivity contribution is 5.49. The number of rotatable bonds is 4. The van der Waals surface area contributed by atoms with E-state index in [1.807, 2.05) is 0 Å². The van der Waals surface area contributed by atoms with Gasteiger partial charge in [-0.05, 0) is 36.8 Å². The molecule has 0 fully saturated rings. The Morgan fingerprint density at radius 1 is 1.05 bits per heavy atom. The summed E-state index contributed by atoms with van der Waals surface area (Å²) in [4.78, 5) is 0. The van der Waals surface area contributed by atoms with Gasteiger partial charge in [-0.2, -0.15) is 13.2 Å². The van der Waals surface area contributed by atoms with Gasteiger partial charge >= 0.3 is 6.18 Å². The molecular formula is C16H16F3NO. The summed E-state index contributed by atoms with van der Waals surface area (Å²) in [5, 5.41) is 2.53. The molecule has 21 heavy (non-hydrogen) atoms. The minimum atomic E-state index is -4.38. The van der Waals surface area contributed by atoms with E-state index >= 15 is 0 Å². The number of halogens is 3. The fourth-order valence-corrected chi connectivity index (χ4v) is 2.06. The van der Waals surface area contributed by atoms with Gasteiger partial charge < -0.3 is 10.1 Å². The Morgan fingerprint density at radius 2 is 1.71 bits per heavy atom. The molecule has 0 aliphatic heterocycles. The minimum Gasteiger partial charge on any atom is -0.497 e. The van der Waals surface area contributed by atoms with Gasteiger partial charge in [-0.25, -0.2) is 0 Å². The lowest BCUT2D eigenvalue weighted by Crippen LogP contribution is -2.27. The van der Waals surface area contributed by atoms with Crippen LogP contribution in [0.5, 0.6) is 5.75 Å². The topological polar surface area (TPSA) is 21.3 Å². The zero-order chi connectivity index (χ0) is 15.5. The fraction of sp³-hybridized carbons (Fsp3) is 0.250. The van der Waals surface area contributed by atoms with Crippen LogP contribution in [0.15, 0.2) is 48.5 Å². The average molecular weight is 295 g/mol. The van der Waals surface area contributed by atoms with Gasteiger partial charge in [0.05, 0.1) is 7.11 Å². The number of benzene rings is 2. The van der Waals surface area contributed by atoms with Crippen molar-refractivity contribution in [2.75, 3.05) is 12.4 Å². The summed E-state index contributed by atoms with van der Waals surface area (Å²) in [5.74, 6) is 0.597. The second kappa shape index (κ2) is 6.08. The van der Waals surface area contributed by atoms with Gasteiger partial charge in [-0.3, -0.25) is 0 Å². The number of nitrogens with one attached hydrogen (secondary N) is 1. The van der Waals surface area contributed by atoms with E-state index < -0.39 is 12.2 Å². The standard InChI is InChI=1S/C16H16F3NO/c1-11-4-3-5-12(10-11)15(16(17,18)19)20-13-6-8-14(21-2)9-7-13/h3-10,15,20H,1-2H3/t15-/m1/s1. The third-order valence-corrected chi connectivity index (χ3v) is 3.10. The molecule has 2 nitrogen and oxygen atoms in total. The molecule has 0 amide bonds. The molecule has 0 aliphatic rings. The Hall–Kier alpha value is -2.17. The van der Waals surface area contributed by atoms with Crippen molar-refractivity contribution in [1.82, 2.24) is 0 Å². The lowest BCUT2D eigenvalue weighted by atomic mass is 10.0. The van der Waals surface area contributed by atoms with Crippen LogP contribution in [0.4, 0.5) is 18.9 Å². The van der Waals surface area contributed by atoms with Crippen LogP contribution in [-0.2, 0) is 0 Å². The Labute approximate surface area is 121 Å². The molecule has 0 aromatic heterocycles. The predicted molar refractivity (Wildman–Crippen MR) is 76.6 cm³/mol. The van der Waals surface area contributed by atoms with Crippen LogP contribution < -0.4 is 10.1 Å². The summed E-state index contributed by atoms with van der Waals surface area (Å²) in [6.45, 7) is 1.77. The van der Waals surface area contributed by atoms with Gasteiger partial charge in [0.1, 0.15) is 11.8 Å². The highest BCUT2D eigenvalue weighted by Gasteiger charge is 2.40. The quantitative estimate of drug-likeness (QED) is 0.881. The van der Waals surface area contributed by atoms with E-state index in [1.54, 1.807) is 43.3 Å². The first-order valence-electron chi connectivity index (χ1n) is 6.44. The molecule has 1 N–H and O–H groups in total. The van der Waals surface area contributed by atoms with Gasteiger partial charge in [0, 0.05) is 5.69 Å². The maximum absolute atomic E-state index is 13.3.